The summed E-state index contributed by atoms with van der Waals surface area (Å²) in [5, 5.41) is 2.01. The lowest BCUT2D eigenvalue weighted by atomic mass is 9.72. The number of esters is 2. The molecule has 135 heavy (non-hydrogen) atoms. The van der Waals surface area contributed by atoms with E-state index in [4.69, 9.17) is 63.1 Å². The third kappa shape index (κ3) is 21.6. The Morgan fingerprint density at radius 1 is 0.215 bits per heavy atom. The quantitative estimate of drug-likeness (QED) is 0.0426. The zero-order chi connectivity index (χ0) is 97.4. The Hall–Kier alpha value is -12.5. The van der Waals surface area contributed by atoms with Gasteiger partial charge in [0.2, 0.25) is 0 Å². The molecule has 0 spiro atoms. The second-order valence-corrected chi connectivity index (χ2v) is 49.3. The summed E-state index contributed by atoms with van der Waals surface area (Å²) in [7, 11) is 0. The standard InChI is InChI=1S/C118H136N8O9/c1-107(2,3)63-113(19,20)69-31-43-75(44-32-69)129-91-57-83-85(59-93(91)131-77-47-35-71(36-48-77)115(23,24)65-109(7,8)9)101-122-99(83)120-97-81-55-89-90(106(128)135-105(89)127)56-82(81)98(119-97)121-100-84-58-92(130-76-45-33-70(34-46-76)114(21,22)64-108(4,5)6)94(132-78-49-37-72(38-50-78)116(25,26)66-110(10,11)12)60-86(84)102(123-100)125-104-88-62-96(134-80-53-41-74(42-54-80)118(29,30)68-112(16,17)18)95(61-87(88)103(124-101)126-104)133-79-51-39-73(40-52-79)117(27,28)67-111(13,14)15/h31-62H,63-68H2,1-30H3,(H2,119,120,121,122,123,124,125,126). The normalized spacial score (nSPS) is 13.7. The van der Waals surface area contributed by atoms with E-state index in [1.54, 1.807) is 12.1 Å². The molecular formula is C118H136N8O9. The minimum absolute atomic E-state index is 0.0607. The van der Waals surface area contributed by atoms with Gasteiger partial charge in [-0.25, -0.2) is 39.5 Å². The molecule has 0 aliphatic carbocycles. The topological polar surface area (TPSA) is 208 Å². The molecule has 6 heterocycles. The minimum Gasteiger partial charge on any atom is -0.453 e. The van der Waals surface area contributed by atoms with Gasteiger partial charge in [0.15, 0.2) is 57.8 Å². The maximum Gasteiger partial charge on any atom is 0.346 e. The van der Waals surface area contributed by atoms with Crippen LogP contribution in [0.5, 0.6) is 69.0 Å². The molecule has 0 atom stereocenters. The van der Waals surface area contributed by atoms with Crippen LogP contribution in [0.15, 0.2) is 194 Å². The summed E-state index contributed by atoms with van der Waals surface area (Å²) in [6.45, 7) is 68.4. The largest absolute Gasteiger partial charge is 0.453 e. The number of cyclic esters (lactones) is 2. The van der Waals surface area contributed by atoms with Crippen molar-refractivity contribution in [3.05, 3.63) is 239 Å². The molecule has 13 aromatic rings. The maximum atomic E-state index is 13.9. The van der Waals surface area contributed by atoms with Crippen LogP contribution >= 0.6 is 0 Å². The van der Waals surface area contributed by atoms with Crippen molar-refractivity contribution in [2.75, 3.05) is 0 Å². The van der Waals surface area contributed by atoms with Gasteiger partial charge in [-0.2, -0.15) is 0 Å². The predicted molar refractivity (Wildman–Crippen MR) is 547 cm³/mol. The van der Waals surface area contributed by atoms with Crippen molar-refractivity contribution in [3.63, 3.8) is 0 Å². The van der Waals surface area contributed by atoms with Crippen LogP contribution in [0.1, 0.15) is 300 Å². The van der Waals surface area contributed by atoms with E-state index in [1.165, 1.54) is 33.4 Å². The van der Waals surface area contributed by atoms with Crippen molar-refractivity contribution in [2.24, 2.45) is 32.5 Å². The van der Waals surface area contributed by atoms with Crippen LogP contribution < -0.4 is 28.4 Å². The van der Waals surface area contributed by atoms with E-state index in [2.05, 4.69) is 290 Å². The second kappa shape index (κ2) is 34.4. The number of fused-ring (bicyclic) bond motifs is 21. The first-order chi connectivity index (χ1) is 62.7. The first kappa shape index (κ1) is 95.6. The molecule has 3 aromatic heterocycles. The van der Waals surface area contributed by atoms with Crippen molar-refractivity contribution in [1.82, 2.24) is 39.9 Å². The summed E-state index contributed by atoms with van der Waals surface area (Å²) in [6, 6.07) is 64.7. The van der Waals surface area contributed by atoms with Crippen molar-refractivity contribution in [2.45, 2.75) is 279 Å². The summed E-state index contributed by atoms with van der Waals surface area (Å²) in [4.78, 5) is 68.7. The van der Waals surface area contributed by atoms with Gasteiger partial charge in [-0.1, -0.05) is 281 Å². The predicted octanol–water partition coefficient (Wildman–Crippen LogP) is 33.2. The highest BCUT2D eigenvalue weighted by Crippen LogP contribution is 2.53. The van der Waals surface area contributed by atoms with Gasteiger partial charge in [0.05, 0.1) is 11.1 Å². The number of benzene rings is 10. The van der Waals surface area contributed by atoms with E-state index in [-0.39, 0.29) is 111 Å². The highest BCUT2D eigenvalue weighted by Gasteiger charge is 2.38. The number of aromatic nitrogens is 8. The number of nitrogens with one attached hydrogen (secondary N) is 2. The third-order valence-electron chi connectivity index (χ3n) is 25.8. The number of hydrogen-bond acceptors (Lipinski definition) is 15. The van der Waals surface area contributed by atoms with Gasteiger partial charge in [0.1, 0.15) is 57.1 Å². The van der Waals surface area contributed by atoms with Crippen LogP contribution in [-0.2, 0) is 37.2 Å². The SMILES string of the molecule is CC(C)(C)CC(C)(C)c1ccc(Oc2cc3c(cc2Oc2ccc(C(C)(C)CC(C)(C)C)cc2)-c2nc-3nc3[nH]c(nc4nc(nc5[nH]c(n2)c2cc6c(cc52)C(=O)OC6=O)-c2cc(Oc5ccc(C(C)(C)CC(C)(C)C)cc5)c(Oc5ccc(C(C)(C)CC(C)(C)C)cc5)cc2-4)c2cc(Oc4ccc(C(C)(C)CC(C)(C)C)cc4)c(Oc4ccc(C(C)(C)CC(C)(C)C)cc4)cc32)cc1. The zero-order valence-corrected chi connectivity index (χ0v) is 85.1. The Bertz CT molecular complexity index is 6520. The lowest BCUT2D eigenvalue weighted by molar-refractivity contribution is 0.0443. The number of aromatic amines is 2. The van der Waals surface area contributed by atoms with Crippen LogP contribution in [0.3, 0.4) is 0 Å². The molecule has 0 fully saturated rings. The van der Waals surface area contributed by atoms with Gasteiger partial charge in [-0.05, 0) is 258 Å². The van der Waals surface area contributed by atoms with Crippen LogP contribution in [0, 0.1) is 32.5 Å². The van der Waals surface area contributed by atoms with Crippen LogP contribution in [-0.4, -0.2) is 51.8 Å². The lowest BCUT2D eigenvalue weighted by Crippen LogP contribution is -2.24. The maximum absolute atomic E-state index is 13.9. The fourth-order valence-corrected chi connectivity index (χ4v) is 22.0. The van der Waals surface area contributed by atoms with Gasteiger partial charge in [0.25, 0.3) is 0 Å². The number of carbonyl (C=O) groups excluding carboxylic acids is 2. The number of hydrogen-bond donors (Lipinski definition) is 2. The van der Waals surface area contributed by atoms with Gasteiger partial charge < -0.3 is 43.1 Å². The zero-order valence-electron chi connectivity index (χ0n) is 85.1. The van der Waals surface area contributed by atoms with E-state index < -0.39 is 11.9 Å². The summed E-state index contributed by atoms with van der Waals surface area (Å²) in [5.41, 5.74) is 9.89. The number of carbonyl (C=O) groups is 2. The average molecular weight is 1810 g/mol. The molecule has 3 aliphatic heterocycles. The summed E-state index contributed by atoms with van der Waals surface area (Å²) < 4.78 is 48.6. The summed E-state index contributed by atoms with van der Waals surface area (Å²) in [6.07, 6.45) is 5.72. The number of rotatable bonds is 24. The number of ether oxygens (including phenoxy) is 7. The smallest absolute Gasteiger partial charge is 0.346 e. The van der Waals surface area contributed by atoms with Crippen molar-refractivity contribution in [3.8, 4) is 115 Å². The van der Waals surface area contributed by atoms with Gasteiger partial charge in [0, 0.05) is 43.8 Å². The summed E-state index contributed by atoms with van der Waals surface area (Å²) >= 11 is 0. The molecule has 3 aliphatic rings. The van der Waals surface area contributed by atoms with Crippen molar-refractivity contribution < 1.29 is 42.7 Å². The molecule has 0 saturated carbocycles. The van der Waals surface area contributed by atoms with Crippen LogP contribution in [0.4, 0.5) is 0 Å². The minimum atomic E-state index is -0.797. The molecule has 0 saturated heterocycles. The van der Waals surface area contributed by atoms with Gasteiger partial charge in [-0.3, -0.25) is 0 Å². The Morgan fingerprint density at radius 3 is 0.548 bits per heavy atom. The molecule has 702 valence electrons. The molecule has 0 unspecified atom stereocenters. The molecule has 2 N–H and O–H groups in total. The van der Waals surface area contributed by atoms with E-state index in [1.807, 2.05) is 109 Å². The van der Waals surface area contributed by atoms with Crippen molar-refractivity contribution >= 4 is 56.1 Å². The van der Waals surface area contributed by atoms with Crippen LogP contribution in [0.25, 0.3) is 89.7 Å². The van der Waals surface area contributed by atoms with E-state index in [0.29, 0.717) is 124 Å². The Morgan fingerprint density at radius 2 is 0.378 bits per heavy atom. The van der Waals surface area contributed by atoms with E-state index >= 15 is 0 Å². The molecule has 17 heteroatoms. The van der Waals surface area contributed by atoms with Crippen LogP contribution in [0.2, 0.25) is 0 Å². The Kier molecular flexibility index (Phi) is 24.4. The second-order valence-electron chi connectivity index (χ2n) is 49.3. The fraction of sp³-hybridized carbons (Fsp3) is 0.407. The fourth-order valence-electron chi connectivity index (χ4n) is 22.0. The molecule has 16 rings (SSSR count). The van der Waals surface area contributed by atoms with Gasteiger partial charge >= 0.3 is 11.9 Å². The highest BCUT2D eigenvalue weighted by atomic mass is 16.6. The molecule has 0 amide bonds. The van der Waals surface area contributed by atoms with E-state index in [9.17, 15) is 9.59 Å². The Balaban J connectivity index is 0.978. The van der Waals surface area contributed by atoms with Crippen molar-refractivity contribution in [1.29, 1.82) is 0 Å². The highest BCUT2D eigenvalue weighted by molar-refractivity contribution is 6.20. The third-order valence-corrected chi connectivity index (χ3v) is 25.8. The summed E-state index contributed by atoms with van der Waals surface area (Å²) in [5.74, 6) is 4.93. The molecule has 17 nitrogen and oxygen atoms in total. The monoisotopic (exact) mass is 1810 g/mol. The van der Waals surface area contributed by atoms with Gasteiger partial charge in [-0.15, -0.1) is 0 Å². The average Bonchev–Trinajstić information content (AvgIpc) is 1.58. The first-order valence-electron chi connectivity index (χ1n) is 47.7. The molecule has 0 radical (unpaired) electrons. The molecular weight excluding hydrogens is 1670 g/mol. The number of H-pyrrole nitrogens is 2. The van der Waals surface area contributed by atoms with E-state index in [0.717, 1.165) is 38.5 Å². The first-order valence-corrected chi connectivity index (χ1v) is 47.7. The molecule has 10 aromatic carbocycles. The number of nitrogens with zero attached hydrogens (tertiary/aromatic N) is 6. The Labute approximate surface area is 798 Å². The molecule has 8 bridgehead atoms. The lowest BCUT2D eigenvalue weighted by Gasteiger charge is -2.33.